The molecule has 1 aromatic heterocycles. The minimum atomic E-state index is 0.777. The number of guanidine groups is 1. The van der Waals surface area contributed by atoms with Crippen molar-refractivity contribution in [3.8, 4) is 0 Å². The summed E-state index contributed by atoms with van der Waals surface area (Å²) in [5.74, 6) is 2.62. The lowest BCUT2D eigenvalue weighted by Gasteiger charge is -2.22. The Morgan fingerprint density at radius 3 is 2.67 bits per heavy atom. The highest BCUT2D eigenvalue weighted by Crippen LogP contribution is 2.23. The standard InChI is InChI=1S/C19H35N5/c1-7-17-16(18(8-2)23(6)22-17)12-21-19(20-5)24-10-9-15(13-24)11-14(3)4/h14-15H,7-13H2,1-6H3,(H,20,21). The number of aromatic nitrogens is 2. The fourth-order valence-corrected chi connectivity index (χ4v) is 3.98. The first kappa shape index (κ1) is 18.8. The third-order valence-electron chi connectivity index (χ3n) is 5.05. The van der Waals surface area contributed by atoms with E-state index in [1.807, 2.05) is 18.8 Å². The average molecular weight is 334 g/mol. The minimum Gasteiger partial charge on any atom is -0.352 e. The Kier molecular flexibility index (Phi) is 6.69. The van der Waals surface area contributed by atoms with E-state index < -0.39 is 0 Å². The maximum absolute atomic E-state index is 4.67. The van der Waals surface area contributed by atoms with Crippen molar-refractivity contribution < 1.29 is 0 Å². The molecule has 0 saturated carbocycles. The van der Waals surface area contributed by atoms with Crippen LogP contribution in [0, 0.1) is 11.8 Å². The summed E-state index contributed by atoms with van der Waals surface area (Å²) in [6, 6.07) is 0. The van der Waals surface area contributed by atoms with Crippen LogP contribution in [-0.2, 0) is 26.4 Å². The Bertz CT molecular complexity index is 558. The molecule has 0 amide bonds. The van der Waals surface area contributed by atoms with Gasteiger partial charge >= 0.3 is 0 Å². The lowest BCUT2D eigenvalue weighted by molar-refractivity contribution is 0.403. The number of hydrogen-bond acceptors (Lipinski definition) is 2. The Labute approximate surface area is 147 Å². The summed E-state index contributed by atoms with van der Waals surface area (Å²) in [6.07, 6.45) is 4.59. The van der Waals surface area contributed by atoms with Crippen LogP contribution in [0.1, 0.15) is 57.5 Å². The van der Waals surface area contributed by atoms with Gasteiger partial charge in [0, 0.05) is 45.0 Å². The van der Waals surface area contributed by atoms with Gasteiger partial charge in [-0.2, -0.15) is 5.10 Å². The van der Waals surface area contributed by atoms with Gasteiger partial charge in [0.1, 0.15) is 0 Å². The van der Waals surface area contributed by atoms with Crippen molar-refractivity contribution in [2.75, 3.05) is 20.1 Å². The van der Waals surface area contributed by atoms with Gasteiger partial charge in [0.05, 0.1) is 5.69 Å². The van der Waals surface area contributed by atoms with Crippen LogP contribution >= 0.6 is 0 Å². The van der Waals surface area contributed by atoms with E-state index in [0.29, 0.717) is 0 Å². The summed E-state index contributed by atoms with van der Waals surface area (Å²) < 4.78 is 2.03. The smallest absolute Gasteiger partial charge is 0.193 e. The van der Waals surface area contributed by atoms with Crippen molar-refractivity contribution in [1.82, 2.24) is 20.0 Å². The minimum absolute atomic E-state index is 0.777. The number of aryl methyl sites for hydroxylation is 2. The van der Waals surface area contributed by atoms with Gasteiger partial charge in [-0.3, -0.25) is 9.67 Å². The van der Waals surface area contributed by atoms with E-state index in [0.717, 1.165) is 50.3 Å². The molecule has 5 heteroatoms. The van der Waals surface area contributed by atoms with Gasteiger partial charge in [-0.1, -0.05) is 27.7 Å². The largest absolute Gasteiger partial charge is 0.352 e. The van der Waals surface area contributed by atoms with Gasteiger partial charge in [0.2, 0.25) is 0 Å². The number of aliphatic imine (C=N–C) groups is 1. The fraction of sp³-hybridized carbons (Fsp3) is 0.789. The predicted molar refractivity (Wildman–Crippen MR) is 101 cm³/mol. The van der Waals surface area contributed by atoms with Crippen LogP contribution < -0.4 is 5.32 Å². The van der Waals surface area contributed by atoms with Crippen molar-refractivity contribution in [2.45, 2.75) is 59.9 Å². The van der Waals surface area contributed by atoms with Crippen LogP contribution in [0.5, 0.6) is 0 Å². The molecule has 0 radical (unpaired) electrons. The molecule has 0 aliphatic carbocycles. The normalized spacial score (nSPS) is 18.7. The highest BCUT2D eigenvalue weighted by atomic mass is 15.3. The van der Waals surface area contributed by atoms with Crippen LogP contribution in [0.2, 0.25) is 0 Å². The maximum atomic E-state index is 4.67. The topological polar surface area (TPSA) is 45.5 Å². The van der Waals surface area contributed by atoms with Crippen molar-refractivity contribution in [3.05, 3.63) is 17.0 Å². The van der Waals surface area contributed by atoms with E-state index in [2.05, 4.69) is 48.0 Å². The second kappa shape index (κ2) is 8.54. The molecule has 1 aromatic rings. The van der Waals surface area contributed by atoms with Gasteiger partial charge in [-0.15, -0.1) is 0 Å². The summed E-state index contributed by atoms with van der Waals surface area (Å²) in [7, 11) is 3.94. The van der Waals surface area contributed by atoms with E-state index in [9.17, 15) is 0 Å². The highest BCUT2D eigenvalue weighted by molar-refractivity contribution is 5.80. The zero-order chi connectivity index (χ0) is 17.7. The third-order valence-corrected chi connectivity index (χ3v) is 5.05. The Hall–Kier alpha value is -1.52. The Morgan fingerprint density at radius 2 is 2.08 bits per heavy atom. The lowest BCUT2D eigenvalue weighted by Crippen LogP contribution is -2.40. The van der Waals surface area contributed by atoms with E-state index in [1.165, 1.54) is 29.8 Å². The van der Waals surface area contributed by atoms with Crippen LogP contribution in [0.25, 0.3) is 0 Å². The first-order chi connectivity index (χ1) is 11.5. The van der Waals surface area contributed by atoms with Crippen molar-refractivity contribution in [3.63, 3.8) is 0 Å². The maximum Gasteiger partial charge on any atom is 0.193 e. The Morgan fingerprint density at radius 1 is 1.33 bits per heavy atom. The first-order valence-electron chi connectivity index (χ1n) is 9.49. The predicted octanol–water partition coefficient (Wildman–Crippen LogP) is 2.99. The monoisotopic (exact) mass is 333 g/mol. The molecule has 2 heterocycles. The Balaban J connectivity index is 2.00. The van der Waals surface area contributed by atoms with E-state index in [1.54, 1.807) is 0 Å². The number of likely N-dealkylation sites (tertiary alicyclic amines) is 1. The molecule has 1 unspecified atom stereocenters. The molecule has 1 saturated heterocycles. The van der Waals surface area contributed by atoms with E-state index in [4.69, 9.17) is 0 Å². The van der Waals surface area contributed by atoms with E-state index >= 15 is 0 Å². The highest BCUT2D eigenvalue weighted by Gasteiger charge is 2.25. The SMILES string of the molecule is CCc1nn(C)c(CC)c1CNC(=NC)N1CCC(CC(C)C)C1. The zero-order valence-corrected chi connectivity index (χ0v) is 16.4. The molecule has 2 rings (SSSR count). The molecule has 0 spiro atoms. The molecule has 5 nitrogen and oxygen atoms in total. The lowest BCUT2D eigenvalue weighted by atomic mass is 9.97. The van der Waals surface area contributed by atoms with Crippen LogP contribution in [-0.4, -0.2) is 40.8 Å². The van der Waals surface area contributed by atoms with Gasteiger partial charge < -0.3 is 10.2 Å². The van der Waals surface area contributed by atoms with Gasteiger partial charge in [0.25, 0.3) is 0 Å². The molecule has 1 atom stereocenters. The van der Waals surface area contributed by atoms with E-state index in [-0.39, 0.29) is 0 Å². The van der Waals surface area contributed by atoms with Gasteiger partial charge in [0.15, 0.2) is 5.96 Å². The zero-order valence-electron chi connectivity index (χ0n) is 16.4. The number of rotatable bonds is 6. The van der Waals surface area contributed by atoms with Crippen LogP contribution in [0.15, 0.2) is 4.99 Å². The molecule has 1 aliphatic rings. The summed E-state index contributed by atoms with van der Waals surface area (Å²) in [5, 5.41) is 8.26. The second-order valence-corrected chi connectivity index (χ2v) is 7.33. The molecular formula is C19H35N5. The number of hydrogen-bond donors (Lipinski definition) is 1. The van der Waals surface area contributed by atoms with Gasteiger partial charge in [-0.05, 0) is 37.5 Å². The quantitative estimate of drug-likeness (QED) is 0.643. The fourth-order valence-electron chi connectivity index (χ4n) is 3.98. The van der Waals surface area contributed by atoms with Crippen molar-refractivity contribution in [2.24, 2.45) is 23.9 Å². The molecule has 1 aliphatic heterocycles. The van der Waals surface area contributed by atoms with Crippen molar-refractivity contribution in [1.29, 1.82) is 0 Å². The molecule has 24 heavy (non-hydrogen) atoms. The molecule has 136 valence electrons. The van der Waals surface area contributed by atoms with Crippen LogP contribution in [0.4, 0.5) is 0 Å². The molecule has 1 fully saturated rings. The summed E-state index contributed by atoms with van der Waals surface area (Å²) >= 11 is 0. The number of nitrogens with zero attached hydrogens (tertiary/aromatic N) is 4. The summed E-state index contributed by atoms with van der Waals surface area (Å²) in [5.41, 5.74) is 3.88. The molecule has 0 bridgehead atoms. The number of nitrogens with one attached hydrogen (secondary N) is 1. The second-order valence-electron chi connectivity index (χ2n) is 7.33. The molecule has 0 aromatic carbocycles. The molecule has 1 N–H and O–H groups in total. The summed E-state index contributed by atoms with van der Waals surface area (Å²) in [6.45, 7) is 12.1. The third kappa shape index (κ3) is 4.31. The van der Waals surface area contributed by atoms with Crippen LogP contribution in [0.3, 0.4) is 0 Å². The first-order valence-corrected chi connectivity index (χ1v) is 9.49. The van der Waals surface area contributed by atoms with Crippen molar-refractivity contribution >= 4 is 5.96 Å². The average Bonchev–Trinajstić information content (AvgIpc) is 3.11. The van der Waals surface area contributed by atoms with Gasteiger partial charge in [-0.25, -0.2) is 0 Å². The molecular weight excluding hydrogens is 298 g/mol. The summed E-state index contributed by atoms with van der Waals surface area (Å²) in [4.78, 5) is 6.94.